The van der Waals surface area contributed by atoms with Crippen LogP contribution in [0.5, 0.6) is 0 Å². The number of piperidine rings is 1. The largest absolute Gasteiger partial charge is 0.616 e. The summed E-state index contributed by atoms with van der Waals surface area (Å²) in [6.45, 7) is 11.3. The lowest BCUT2D eigenvalue weighted by atomic mass is 9.79. The highest BCUT2D eigenvalue weighted by Gasteiger charge is 2.51. The number of likely N-dealkylation sites (tertiary alicyclic amines) is 1. The highest BCUT2D eigenvalue weighted by atomic mass is 32.2. The molecule has 0 saturated carbocycles. The molecule has 4 nitrogen and oxygen atoms in total. The summed E-state index contributed by atoms with van der Waals surface area (Å²) in [5.41, 5.74) is 1.76. The molecule has 25 heavy (non-hydrogen) atoms. The van der Waals surface area contributed by atoms with Gasteiger partial charge in [-0.25, -0.2) is 0 Å². The van der Waals surface area contributed by atoms with Gasteiger partial charge in [0, 0.05) is 32.5 Å². The van der Waals surface area contributed by atoms with E-state index in [1.54, 1.807) is 0 Å². The highest BCUT2D eigenvalue weighted by Crippen LogP contribution is 2.36. The summed E-state index contributed by atoms with van der Waals surface area (Å²) in [6, 6.07) is 8.57. The first-order valence-electron chi connectivity index (χ1n) is 9.17. The molecule has 138 valence electrons. The number of nitrogens with zero attached hydrogens (tertiary/aromatic N) is 1. The molecule has 0 N–H and O–H groups in total. The normalized spacial score (nSPS) is 25.3. The summed E-state index contributed by atoms with van der Waals surface area (Å²) in [4.78, 5) is 2.45. The molecule has 0 aliphatic carbocycles. The van der Waals surface area contributed by atoms with Crippen molar-refractivity contribution in [2.24, 2.45) is 0 Å². The molecule has 2 heterocycles. The van der Waals surface area contributed by atoms with Gasteiger partial charge in [0.05, 0.1) is 17.5 Å². The van der Waals surface area contributed by atoms with Crippen molar-refractivity contribution in [3.63, 3.8) is 0 Å². The second kappa shape index (κ2) is 7.24. The minimum atomic E-state index is -0.686. The zero-order valence-corrected chi connectivity index (χ0v) is 16.9. The molecule has 0 spiro atoms. The predicted octanol–water partition coefficient (Wildman–Crippen LogP) is 2.33. The van der Waals surface area contributed by atoms with Crippen LogP contribution in [0.2, 0.25) is 0 Å². The van der Waals surface area contributed by atoms with Gasteiger partial charge in [0.25, 0.3) is 0 Å². The Morgan fingerprint density at radius 3 is 2.08 bits per heavy atom. The van der Waals surface area contributed by atoms with Crippen molar-refractivity contribution in [1.29, 1.82) is 0 Å². The maximum absolute atomic E-state index is 11.6. The fourth-order valence-corrected chi connectivity index (χ4v) is 4.29. The first kappa shape index (κ1) is 19.2. The van der Waals surface area contributed by atoms with Crippen LogP contribution in [0, 0.1) is 0 Å². The van der Waals surface area contributed by atoms with Crippen molar-refractivity contribution in [1.82, 2.24) is 4.90 Å². The van der Waals surface area contributed by atoms with E-state index >= 15 is 0 Å². The third kappa shape index (κ3) is 4.25. The van der Waals surface area contributed by atoms with Crippen LogP contribution in [0.3, 0.4) is 0 Å². The fourth-order valence-electron chi connectivity index (χ4n) is 3.42. The number of benzene rings is 1. The molecule has 2 saturated heterocycles. The Kier molecular flexibility index (Phi) is 5.57. The van der Waals surface area contributed by atoms with Crippen molar-refractivity contribution < 1.29 is 13.9 Å². The van der Waals surface area contributed by atoms with Crippen LogP contribution >= 0.6 is 0 Å². The number of hydrogen-bond acceptors (Lipinski definition) is 4. The Morgan fingerprint density at radius 1 is 1.08 bits per heavy atom. The second-order valence-electron chi connectivity index (χ2n) is 8.30. The van der Waals surface area contributed by atoms with Gasteiger partial charge < -0.3 is 13.9 Å². The van der Waals surface area contributed by atoms with Crippen molar-refractivity contribution >= 4 is 23.8 Å². The van der Waals surface area contributed by atoms with E-state index in [1.807, 2.05) is 6.26 Å². The summed E-state index contributed by atoms with van der Waals surface area (Å²) < 4.78 is 23.8. The van der Waals surface area contributed by atoms with Crippen molar-refractivity contribution in [2.45, 2.75) is 63.5 Å². The van der Waals surface area contributed by atoms with E-state index in [4.69, 9.17) is 9.31 Å². The smallest absolute Gasteiger partial charge is 0.494 e. The highest BCUT2D eigenvalue weighted by molar-refractivity contribution is 7.91. The third-order valence-electron chi connectivity index (χ3n) is 5.92. The lowest BCUT2D eigenvalue weighted by Gasteiger charge is -2.32. The Bertz CT molecular complexity index is 567. The SMILES string of the molecule is C[S+]([O-])C1CCN(Cc2ccc(B3OC(C)(C)C(C)(C)O3)cc2)CC1. The van der Waals surface area contributed by atoms with E-state index in [0.717, 1.165) is 37.9 Å². The van der Waals surface area contributed by atoms with Crippen molar-refractivity contribution in [3.05, 3.63) is 29.8 Å². The van der Waals surface area contributed by atoms with Crippen LogP contribution < -0.4 is 5.46 Å². The molecule has 0 amide bonds. The van der Waals surface area contributed by atoms with Gasteiger partial charge in [0.2, 0.25) is 0 Å². The minimum Gasteiger partial charge on any atom is -0.616 e. The summed E-state index contributed by atoms with van der Waals surface area (Å²) in [5, 5.41) is 0.377. The molecule has 0 aromatic heterocycles. The molecular formula is C19H30BNO3S. The zero-order chi connectivity index (χ0) is 18.2. The van der Waals surface area contributed by atoms with Gasteiger partial charge in [-0.05, 0) is 38.7 Å². The molecule has 2 aliphatic rings. The molecule has 1 unspecified atom stereocenters. The number of rotatable bonds is 4. The summed E-state index contributed by atoms with van der Waals surface area (Å²) in [5.74, 6) is 0. The molecule has 6 heteroatoms. The summed E-state index contributed by atoms with van der Waals surface area (Å²) >= 11 is -0.686. The zero-order valence-electron chi connectivity index (χ0n) is 16.1. The van der Waals surface area contributed by atoms with E-state index in [0.29, 0.717) is 5.25 Å². The van der Waals surface area contributed by atoms with Crippen LogP contribution in [-0.2, 0) is 27.0 Å². The summed E-state index contributed by atoms with van der Waals surface area (Å²) in [7, 11) is -0.297. The van der Waals surface area contributed by atoms with Crippen LogP contribution in [0.25, 0.3) is 0 Å². The topological polar surface area (TPSA) is 44.8 Å². The van der Waals surface area contributed by atoms with Gasteiger partial charge in [-0.15, -0.1) is 0 Å². The van der Waals surface area contributed by atoms with Crippen LogP contribution in [-0.4, -0.2) is 52.4 Å². The first-order valence-corrected chi connectivity index (χ1v) is 10.8. The third-order valence-corrected chi connectivity index (χ3v) is 7.33. The maximum atomic E-state index is 11.6. The Morgan fingerprint density at radius 2 is 1.60 bits per heavy atom. The van der Waals surface area contributed by atoms with Crippen LogP contribution in [0.1, 0.15) is 46.1 Å². The lowest BCUT2D eigenvalue weighted by Crippen LogP contribution is -2.41. The minimum absolute atomic E-state index is 0.297. The van der Waals surface area contributed by atoms with Gasteiger partial charge >= 0.3 is 7.12 Å². The monoisotopic (exact) mass is 363 g/mol. The molecule has 1 aromatic rings. The Labute approximate surface area is 155 Å². The quantitative estimate of drug-likeness (QED) is 0.609. The van der Waals surface area contributed by atoms with Crippen LogP contribution in [0.15, 0.2) is 24.3 Å². The van der Waals surface area contributed by atoms with E-state index in [2.05, 4.69) is 56.9 Å². The van der Waals surface area contributed by atoms with E-state index < -0.39 is 11.2 Å². The second-order valence-corrected chi connectivity index (χ2v) is 9.97. The molecule has 2 fully saturated rings. The first-order chi connectivity index (χ1) is 11.7. The lowest BCUT2D eigenvalue weighted by molar-refractivity contribution is 0.00578. The molecule has 1 atom stereocenters. The number of hydrogen-bond donors (Lipinski definition) is 0. The summed E-state index contributed by atoms with van der Waals surface area (Å²) in [6.07, 6.45) is 3.90. The van der Waals surface area contributed by atoms with E-state index in [1.165, 1.54) is 5.56 Å². The molecular weight excluding hydrogens is 333 g/mol. The maximum Gasteiger partial charge on any atom is 0.494 e. The standard InChI is InChI=1S/C19H30BNO3S/c1-18(2)19(3,4)24-20(23-18)16-8-6-15(7-9-16)14-21-12-10-17(11-13-21)25(5)22/h6-9,17H,10-14H2,1-5H3. The van der Waals surface area contributed by atoms with Gasteiger partial charge in [0.1, 0.15) is 5.25 Å². The molecule has 0 bridgehead atoms. The molecule has 0 radical (unpaired) electrons. The molecule has 1 aromatic carbocycles. The Hall–Kier alpha value is -0.525. The van der Waals surface area contributed by atoms with Crippen molar-refractivity contribution in [3.8, 4) is 0 Å². The van der Waals surface area contributed by atoms with Crippen LogP contribution in [0.4, 0.5) is 0 Å². The van der Waals surface area contributed by atoms with Gasteiger partial charge in [0.15, 0.2) is 0 Å². The average molecular weight is 363 g/mol. The van der Waals surface area contributed by atoms with Gasteiger partial charge in [-0.1, -0.05) is 35.4 Å². The molecule has 2 aliphatic heterocycles. The average Bonchev–Trinajstić information content (AvgIpc) is 2.76. The predicted molar refractivity (Wildman–Crippen MR) is 105 cm³/mol. The molecule has 3 rings (SSSR count). The van der Waals surface area contributed by atoms with Gasteiger partial charge in [-0.2, -0.15) is 0 Å². The van der Waals surface area contributed by atoms with E-state index in [-0.39, 0.29) is 18.3 Å². The van der Waals surface area contributed by atoms with E-state index in [9.17, 15) is 4.55 Å². The Balaban J connectivity index is 1.57. The fraction of sp³-hybridized carbons (Fsp3) is 0.684. The van der Waals surface area contributed by atoms with Gasteiger partial charge in [-0.3, -0.25) is 4.90 Å². The van der Waals surface area contributed by atoms with Crippen molar-refractivity contribution in [2.75, 3.05) is 19.3 Å².